The molecule has 0 saturated heterocycles. The van der Waals surface area contributed by atoms with E-state index < -0.39 is 5.97 Å². The minimum absolute atomic E-state index is 0.0597. The summed E-state index contributed by atoms with van der Waals surface area (Å²) in [5, 5.41) is 11.8. The first-order valence-electron chi connectivity index (χ1n) is 7.10. The Bertz CT molecular complexity index is 668. The second-order valence-electron chi connectivity index (χ2n) is 5.02. The molecule has 1 N–H and O–H groups in total. The molecule has 23 heavy (non-hydrogen) atoms. The lowest BCUT2D eigenvalue weighted by Crippen LogP contribution is -2.25. The van der Waals surface area contributed by atoms with E-state index in [1.165, 1.54) is 7.11 Å². The SMILES string of the molecule is COC(=O)/C(=C/c1ccc(Cl)cc1)CN(O)Cc1ccccc1. The van der Waals surface area contributed by atoms with Crippen molar-refractivity contribution >= 4 is 23.6 Å². The molecule has 0 aliphatic rings. The molecule has 0 heterocycles. The predicted molar refractivity (Wildman–Crippen MR) is 90.1 cm³/mol. The van der Waals surface area contributed by atoms with Gasteiger partial charge < -0.3 is 9.94 Å². The van der Waals surface area contributed by atoms with Gasteiger partial charge in [-0.05, 0) is 29.3 Å². The number of hydroxylamine groups is 2. The van der Waals surface area contributed by atoms with Crippen LogP contribution in [-0.4, -0.2) is 29.9 Å². The van der Waals surface area contributed by atoms with Gasteiger partial charge in [0.1, 0.15) is 0 Å². The van der Waals surface area contributed by atoms with Gasteiger partial charge in [-0.2, -0.15) is 5.06 Å². The summed E-state index contributed by atoms with van der Waals surface area (Å²) in [5.74, 6) is -0.480. The Morgan fingerprint density at radius 2 is 1.83 bits per heavy atom. The zero-order valence-corrected chi connectivity index (χ0v) is 13.5. The Morgan fingerprint density at radius 3 is 2.43 bits per heavy atom. The van der Waals surface area contributed by atoms with Crippen LogP contribution in [0.3, 0.4) is 0 Å². The molecule has 2 rings (SSSR count). The van der Waals surface area contributed by atoms with Crippen LogP contribution in [-0.2, 0) is 16.1 Å². The maximum atomic E-state index is 11.9. The van der Waals surface area contributed by atoms with E-state index in [4.69, 9.17) is 16.3 Å². The Labute approximate surface area is 140 Å². The van der Waals surface area contributed by atoms with E-state index in [2.05, 4.69) is 0 Å². The fourth-order valence-corrected chi connectivity index (χ4v) is 2.23. The Balaban J connectivity index is 2.12. The molecule has 5 heteroatoms. The first kappa shape index (κ1) is 17.2. The van der Waals surface area contributed by atoms with Crippen LogP contribution in [0.5, 0.6) is 0 Å². The zero-order chi connectivity index (χ0) is 16.7. The third kappa shape index (κ3) is 5.53. The molecule has 0 spiro atoms. The third-order valence-electron chi connectivity index (χ3n) is 3.22. The highest BCUT2D eigenvalue weighted by Gasteiger charge is 2.14. The molecule has 2 aromatic carbocycles. The number of carbonyl (C=O) groups excluding carboxylic acids is 1. The summed E-state index contributed by atoms with van der Waals surface area (Å²) < 4.78 is 4.79. The number of benzene rings is 2. The molecule has 0 saturated carbocycles. The highest BCUT2D eigenvalue weighted by atomic mass is 35.5. The zero-order valence-electron chi connectivity index (χ0n) is 12.8. The topological polar surface area (TPSA) is 49.8 Å². The molecule has 0 bridgehead atoms. The summed E-state index contributed by atoms with van der Waals surface area (Å²) >= 11 is 5.85. The van der Waals surface area contributed by atoms with Crippen molar-refractivity contribution in [2.24, 2.45) is 0 Å². The van der Waals surface area contributed by atoms with Gasteiger partial charge in [-0.1, -0.05) is 54.1 Å². The number of hydrogen-bond donors (Lipinski definition) is 1. The van der Waals surface area contributed by atoms with Gasteiger partial charge in [0.2, 0.25) is 0 Å². The Kier molecular flexibility index (Phi) is 6.35. The minimum Gasteiger partial charge on any atom is -0.466 e. The minimum atomic E-state index is -0.480. The van der Waals surface area contributed by atoms with Gasteiger partial charge >= 0.3 is 5.97 Å². The van der Waals surface area contributed by atoms with Gasteiger partial charge in [-0.25, -0.2) is 4.79 Å². The molecule has 0 aliphatic carbocycles. The van der Waals surface area contributed by atoms with E-state index in [-0.39, 0.29) is 6.54 Å². The smallest absolute Gasteiger partial charge is 0.335 e. The van der Waals surface area contributed by atoms with Crippen LogP contribution in [0.15, 0.2) is 60.2 Å². The van der Waals surface area contributed by atoms with Crippen LogP contribution in [0.2, 0.25) is 5.02 Å². The lowest BCUT2D eigenvalue weighted by molar-refractivity contribution is -0.139. The highest BCUT2D eigenvalue weighted by molar-refractivity contribution is 6.30. The molecule has 2 aromatic rings. The second kappa shape index (κ2) is 8.48. The quantitative estimate of drug-likeness (QED) is 0.497. The molecule has 4 nitrogen and oxygen atoms in total. The number of ether oxygens (including phenoxy) is 1. The van der Waals surface area contributed by atoms with Crippen molar-refractivity contribution in [3.63, 3.8) is 0 Å². The van der Waals surface area contributed by atoms with Crippen molar-refractivity contribution in [1.82, 2.24) is 5.06 Å². The molecule has 120 valence electrons. The fraction of sp³-hybridized carbons (Fsp3) is 0.167. The van der Waals surface area contributed by atoms with Crippen LogP contribution in [0.1, 0.15) is 11.1 Å². The van der Waals surface area contributed by atoms with Gasteiger partial charge in [0, 0.05) is 11.6 Å². The van der Waals surface area contributed by atoms with Crippen LogP contribution < -0.4 is 0 Å². The molecule has 0 atom stereocenters. The largest absolute Gasteiger partial charge is 0.466 e. The van der Waals surface area contributed by atoms with Crippen molar-refractivity contribution in [3.8, 4) is 0 Å². The van der Waals surface area contributed by atoms with Crippen LogP contribution in [0.4, 0.5) is 0 Å². The average Bonchev–Trinajstić information content (AvgIpc) is 2.56. The van der Waals surface area contributed by atoms with Gasteiger partial charge in [0.25, 0.3) is 0 Å². The van der Waals surface area contributed by atoms with E-state index in [0.717, 1.165) is 16.2 Å². The van der Waals surface area contributed by atoms with E-state index in [1.807, 2.05) is 30.3 Å². The number of carbonyl (C=O) groups is 1. The van der Waals surface area contributed by atoms with Crippen molar-refractivity contribution in [2.45, 2.75) is 6.54 Å². The van der Waals surface area contributed by atoms with E-state index in [9.17, 15) is 10.0 Å². The number of hydrogen-bond acceptors (Lipinski definition) is 4. The van der Waals surface area contributed by atoms with Crippen LogP contribution in [0, 0.1) is 0 Å². The highest BCUT2D eigenvalue weighted by Crippen LogP contribution is 2.14. The molecule has 0 aromatic heterocycles. The van der Waals surface area contributed by atoms with Crippen LogP contribution in [0.25, 0.3) is 6.08 Å². The van der Waals surface area contributed by atoms with Gasteiger partial charge in [-0.15, -0.1) is 0 Å². The third-order valence-corrected chi connectivity index (χ3v) is 3.47. The number of rotatable bonds is 6. The summed E-state index contributed by atoms with van der Waals surface area (Å²) in [6.45, 7) is 0.375. The van der Waals surface area contributed by atoms with E-state index >= 15 is 0 Å². The maximum absolute atomic E-state index is 11.9. The van der Waals surface area contributed by atoms with Crippen molar-refractivity contribution in [1.29, 1.82) is 0 Å². The predicted octanol–water partition coefficient (Wildman–Crippen LogP) is 3.79. The maximum Gasteiger partial charge on any atom is 0.335 e. The molecular weight excluding hydrogens is 314 g/mol. The number of methoxy groups -OCH3 is 1. The molecule has 0 unspecified atom stereocenters. The van der Waals surface area contributed by atoms with E-state index in [1.54, 1.807) is 30.3 Å². The second-order valence-corrected chi connectivity index (χ2v) is 5.46. The monoisotopic (exact) mass is 331 g/mol. The van der Waals surface area contributed by atoms with Gasteiger partial charge in [0.05, 0.1) is 19.2 Å². The lowest BCUT2D eigenvalue weighted by Gasteiger charge is -2.16. The summed E-state index contributed by atoms with van der Waals surface area (Å²) in [7, 11) is 1.32. The summed E-state index contributed by atoms with van der Waals surface area (Å²) in [5.41, 5.74) is 2.11. The Morgan fingerprint density at radius 1 is 1.17 bits per heavy atom. The molecular formula is C18H18ClNO3. The van der Waals surface area contributed by atoms with Crippen molar-refractivity contribution < 1.29 is 14.7 Å². The summed E-state index contributed by atoms with van der Waals surface area (Å²) in [4.78, 5) is 11.9. The van der Waals surface area contributed by atoms with Crippen LogP contribution >= 0.6 is 11.6 Å². The first-order valence-corrected chi connectivity index (χ1v) is 7.48. The molecule has 0 radical (unpaired) electrons. The average molecular weight is 332 g/mol. The number of nitrogens with zero attached hydrogens (tertiary/aromatic N) is 1. The number of halogens is 1. The standard InChI is InChI=1S/C18H18ClNO3/c1-23-18(21)16(11-14-7-9-17(19)10-8-14)13-20(22)12-15-5-3-2-4-6-15/h2-11,22H,12-13H2,1H3/b16-11+. The Hall–Kier alpha value is -2.14. The summed E-state index contributed by atoms with van der Waals surface area (Å²) in [6, 6.07) is 16.6. The summed E-state index contributed by atoms with van der Waals surface area (Å²) in [6.07, 6.45) is 1.68. The van der Waals surface area contributed by atoms with Crippen molar-refractivity contribution in [2.75, 3.05) is 13.7 Å². The van der Waals surface area contributed by atoms with Gasteiger partial charge in [-0.3, -0.25) is 0 Å². The van der Waals surface area contributed by atoms with E-state index in [0.29, 0.717) is 17.1 Å². The van der Waals surface area contributed by atoms with Crippen molar-refractivity contribution in [3.05, 3.63) is 76.3 Å². The molecule has 0 fully saturated rings. The molecule has 0 amide bonds. The van der Waals surface area contributed by atoms with Gasteiger partial charge in [0.15, 0.2) is 0 Å². The first-order chi connectivity index (χ1) is 11.1. The molecule has 0 aliphatic heterocycles. The lowest BCUT2D eigenvalue weighted by atomic mass is 10.1. The normalized spacial score (nSPS) is 11.6. The fourth-order valence-electron chi connectivity index (χ4n) is 2.11. The number of esters is 1.